The van der Waals surface area contributed by atoms with Gasteiger partial charge in [-0.15, -0.1) is 0 Å². The molecule has 3 aromatic rings. The quantitative estimate of drug-likeness (QED) is 0.383. The first kappa shape index (κ1) is 23.4. The lowest BCUT2D eigenvalue weighted by Crippen LogP contribution is -2.53. The van der Waals surface area contributed by atoms with E-state index in [4.69, 9.17) is 0 Å². The van der Waals surface area contributed by atoms with Crippen molar-refractivity contribution in [2.45, 2.75) is 18.6 Å². The maximum absolute atomic E-state index is 14.1. The molecule has 0 aliphatic carbocycles. The van der Waals surface area contributed by atoms with E-state index >= 15 is 0 Å². The molecule has 0 bridgehead atoms. The minimum Gasteiger partial charge on any atom is -0.295 e. The molecule has 1 heterocycles. The van der Waals surface area contributed by atoms with Crippen molar-refractivity contribution in [2.75, 3.05) is 4.90 Å². The highest BCUT2D eigenvalue weighted by atomic mass is 19.4. The molecule has 0 aromatic heterocycles. The maximum atomic E-state index is 14.1. The Hall–Kier alpha value is -3.76. The van der Waals surface area contributed by atoms with Gasteiger partial charge in [-0.1, -0.05) is 0 Å². The van der Waals surface area contributed by atoms with E-state index in [2.05, 4.69) is 4.99 Å². The normalized spacial score (nSPS) is 17.1. The molecule has 1 atom stereocenters. The number of alkyl halides is 3. The van der Waals surface area contributed by atoms with Crippen LogP contribution in [-0.2, 0) is 0 Å². The van der Waals surface area contributed by atoms with E-state index in [1.54, 1.807) is 0 Å². The average molecular weight is 484 g/mol. The van der Waals surface area contributed by atoms with Gasteiger partial charge in [0, 0.05) is 23.6 Å². The molecular weight excluding hydrogens is 472 g/mol. The molecule has 0 radical (unpaired) electrons. The highest BCUT2D eigenvalue weighted by Crippen LogP contribution is 2.40. The predicted molar refractivity (Wildman–Crippen MR) is 107 cm³/mol. The van der Waals surface area contributed by atoms with Gasteiger partial charge in [-0.25, -0.2) is 26.9 Å². The topological polar surface area (TPSA) is 32.7 Å². The van der Waals surface area contributed by atoms with Crippen molar-refractivity contribution in [3.8, 4) is 0 Å². The number of nitrogens with zero attached hydrogens (tertiary/aromatic N) is 2. The number of hydrogen-bond acceptors (Lipinski definition) is 2. The fraction of sp³-hybridized carbons (Fsp3) is 0.130. The van der Waals surface area contributed by atoms with Gasteiger partial charge >= 0.3 is 6.18 Å². The van der Waals surface area contributed by atoms with Crippen LogP contribution in [0.1, 0.15) is 22.3 Å². The lowest BCUT2D eigenvalue weighted by Gasteiger charge is -2.38. The van der Waals surface area contributed by atoms with Crippen molar-refractivity contribution < 1.29 is 39.9 Å². The number of carbonyl (C=O) groups is 1. The van der Waals surface area contributed by atoms with Crippen LogP contribution < -0.4 is 4.90 Å². The van der Waals surface area contributed by atoms with Crippen molar-refractivity contribution in [3.05, 3.63) is 94.8 Å². The van der Waals surface area contributed by atoms with E-state index in [1.165, 1.54) is 0 Å². The Morgan fingerprint density at radius 2 is 1.50 bits per heavy atom. The van der Waals surface area contributed by atoms with Gasteiger partial charge in [-0.2, -0.15) is 13.2 Å². The van der Waals surface area contributed by atoms with E-state index in [1.807, 2.05) is 0 Å². The van der Waals surface area contributed by atoms with Gasteiger partial charge < -0.3 is 0 Å². The van der Waals surface area contributed by atoms with Crippen LogP contribution in [0.4, 0.5) is 46.5 Å². The molecule has 0 fully saturated rings. The third-order valence-electron chi connectivity index (χ3n) is 5.16. The molecule has 1 aliphatic heterocycles. The second-order valence-electron chi connectivity index (χ2n) is 7.38. The van der Waals surface area contributed by atoms with Crippen LogP contribution in [0.2, 0.25) is 0 Å². The zero-order valence-electron chi connectivity index (χ0n) is 16.8. The summed E-state index contributed by atoms with van der Waals surface area (Å²) in [7, 11) is 0. The third-order valence-corrected chi connectivity index (χ3v) is 5.16. The Morgan fingerprint density at radius 1 is 0.824 bits per heavy atom. The summed E-state index contributed by atoms with van der Waals surface area (Å²) in [6, 6.07) is 4.05. The molecule has 1 amide bonds. The standard InChI is InChI=1S/C23H12F8N2O/c24-12-3-6-20-14(8-12)19(32-18-5-2-13(25)9-17(18)28)10-21(23(29,30)31)33(20)22(34)11-1-4-15(26)16(27)7-11/h1-9,21H,10H2. The summed E-state index contributed by atoms with van der Waals surface area (Å²) in [6.07, 6.45) is -6.05. The molecule has 11 heteroatoms. The van der Waals surface area contributed by atoms with E-state index in [-0.39, 0.29) is 5.56 Å². The highest BCUT2D eigenvalue weighted by molar-refractivity contribution is 6.16. The van der Waals surface area contributed by atoms with Crippen LogP contribution >= 0.6 is 0 Å². The SMILES string of the molecule is O=C(c1ccc(F)c(F)c1)N1c2ccc(F)cc2C(=Nc2ccc(F)cc2F)CC1C(F)(F)F. The summed E-state index contributed by atoms with van der Waals surface area (Å²) in [5, 5.41) is 0. The van der Waals surface area contributed by atoms with Gasteiger partial charge in [0.1, 0.15) is 17.7 Å². The number of hydrogen-bond donors (Lipinski definition) is 0. The number of benzene rings is 3. The van der Waals surface area contributed by atoms with Crippen LogP contribution in [0.15, 0.2) is 59.6 Å². The number of anilines is 1. The Bertz CT molecular complexity index is 1320. The smallest absolute Gasteiger partial charge is 0.295 e. The minimum absolute atomic E-state index is 0.250. The summed E-state index contributed by atoms with van der Waals surface area (Å²) in [6.45, 7) is 0. The van der Waals surface area contributed by atoms with Crippen molar-refractivity contribution in [3.63, 3.8) is 0 Å². The first-order chi connectivity index (χ1) is 16.0. The lowest BCUT2D eigenvalue weighted by molar-refractivity contribution is -0.146. The van der Waals surface area contributed by atoms with Gasteiger partial charge in [0.25, 0.3) is 5.91 Å². The molecule has 3 aromatic carbocycles. The molecule has 34 heavy (non-hydrogen) atoms. The lowest BCUT2D eigenvalue weighted by atomic mass is 9.92. The Morgan fingerprint density at radius 3 is 2.15 bits per heavy atom. The number of carbonyl (C=O) groups excluding carboxylic acids is 1. The molecule has 176 valence electrons. The Balaban J connectivity index is 1.91. The fourth-order valence-corrected chi connectivity index (χ4v) is 3.61. The van der Waals surface area contributed by atoms with Crippen molar-refractivity contribution in [2.24, 2.45) is 4.99 Å². The van der Waals surface area contributed by atoms with Crippen molar-refractivity contribution in [1.82, 2.24) is 0 Å². The van der Waals surface area contributed by atoms with E-state index in [0.717, 1.165) is 36.4 Å². The van der Waals surface area contributed by atoms with Gasteiger partial charge in [0.05, 0.1) is 17.1 Å². The Labute approximate surface area is 187 Å². The molecule has 0 saturated carbocycles. The van der Waals surface area contributed by atoms with Gasteiger partial charge in [-0.3, -0.25) is 9.69 Å². The zero-order valence-corrected chi connectivity index (χ0v) is 16.8. The summed E-state index contributed by atoms with van der Waals surface area (Å²) >= 11 is 0. The van der Waals surface area contributed by atoms with Crippen molar-refractivity contribution >= 4 is 23.0 Å². The fourth-order valence-electron chi connectivity index (χ4n) is 3.61. The number of rotatable bonds is 2. The molecule has 1 aliphatic rings. The van der Waals surface area contributed by atoms with E-state index in [9.17, 15) is 39.9 Å². The van der Waals surface area contributed by atoms with E-state index in [0.29, 0.717) is 23.1 Å². The Kier molecular flexibility index (Phi) is 5.88. The zero-order chi connectivity index (χ0) is 24.8. The van der Waals surface area contributed by atoms with Crippen LogP contribution in [0.3, 0.4) is 0 Å². The second-order valence-corrected chi connectivity index (χ2v) is 7.38. The van der Waals surface area contributed by atoms with Crippen LogP contribution in [0, 0.1) is 29.1 Å². The number of amides is 1. The second kappa shape index (κ2) is 8.54. The minimum atomic E-state index is -5.04. The molecule has 0 N–H and O–H groups in total. The summed E-state index contributed by atoms with van der Waals surface area (Å²) < 4.78 is 110. The molecule has 3 nitrogen and oxygen atoms in total. The van der Waals surface area contributed by atoms with Gasteiger partial charge in [0.2, 0.25) is 0 Å². The molecule has 0 spiro atoms. The largest absolute Gasteiger partial charge is 0.409 e. The number of halogens is 8. The van der Waals surface area contributed by atoms with Gasteiger partial charge in [-0.05, 0) is 48.5 Å². The van der Waals surface area contributed by atoms with Crippen LogP contribution in [0.5, 0.6) is 0 Å². The number of fused-ring (bicyclic) bond motifs is 1. The van der Waals surface area contributed by atoms with E-state index < -0.39 is 76.3 Å². The molecule has 4 rings (SSSR count). The summed E-state index contributed by atoms with van der Waals surface area (Å²) in [5.41, 5.74) is -2.15. The first-order valence-corrected chi connectivity index (χ1v) is 9.63. The average Bonchev–Trinajstić information content (AvgIpc) is 2.76. The van der Waals surface area contributed by atoms with Gasteiger partial charge in [0.15, 0.2) is 17.5 Å². The van der Waals surface area contributed by atoms with Crippen LogP contribution in [-0.4, -0.2) is 23.8 Å². The summed E-state index contributed by atoms with van der Waals surface area (Å²) in [4.78, 5) is 17.2. The number of aliphatic imine (C=N–C) groups is 1. The first-order valence-electron chi connectivity index (χ1n) is 9.63. The predicted octanol–water partition coefficient (Wildman–Crippen LogP) is 6.48. The monoisotopic (exact) mass is 484 g/mol. The van der Waals surface area contributed by atoms with Crippen molar-refractivity contribution in [1.29, 1.82) is 0 Å². The molecular formula is C23H12F8N2O. The highest BCUT2D eigenvalue weighted by Gasteiger charge is 2.50. The molecule has 0 saturated heterocycles. The van der Waals surface area contributed by atoms with Crippen LogP contribution in [0.25, 0.3) is 0 Å². The molecule has 1 unspecified atom stereocenters. The summed E-state index contributed by atoms with van der Waals surface area (Å²) in [5.74, 6) is -7.04. The maximum Gasteiger partial charge on any atom is 0.409 e. The third kappa shape index (κ3) is 4.37.